The second-order valence-electron chi connectivity index (χ2n) is 6.34. The van der Waals surface area contributed by atoms with Crippen LogP contribution in [-0.4, -0.2) is 38.4 Å². The summed E-state index contributed by atoms with van der Waals surface area (Å²) < 4.78 is 56.3. The molecule has 1 aromatic carbocycles. The normalized spacial score (nSPS) is 15.2. The van der Waals surface area contributed by atoms with E-state index in [2.05, 4.69) is 11.3 Å². The highest BCUT2D eigenvalue weighted by atomic mass is 19.4. The van der Waals surface area contributed by atoms with Crippen molar-refractivity contribution in [2.75, 3.05) is 14.2 Å². The molecule has 0 aliphatic carbocycles. The van der Waals surface area contributed by atoms with Crippen LogP contribution in [0.2, 0.25) is 0 Å². The van der Waals surface area contributed by atoms with E-state index in [0.717, 1.165) is 31.9 Å². The minimum Gasteiger partial charge on any atom is -0.469 e. The van der Waals surface area contributed by atoms with Crippen molar-refractivity contribution in [3.05, 3.63) is 60.2 Å². The van der Waals surface area contributed by atoms with Gasteiger partial charge in [-0.3, -0.25) is 4.79 Å². The highest BCUT2D eigenvalue weighted by Gasteiger charge is 2.64. The van der Waals surface area contributed by atoms with E-state index >= 15 is 0 Å². The van der Waals surface area contributed by atoms with E-state index in [1.807, 2.05) is 0 Å². The molecule has 2 atom stereocenters. The molecule has 0 amide bonds. The Kier molecular flexibility index (Phi) is 9.10. The molecule has 0 bridgehead atoms. The van der Waals surface area contributed by atoms with Crippen LogP contribution in [0.1, 0.15) is 31.7 Å². The summed E-state index contributed by atoms with van der Waals surface area (Å²) in [5.74, 6) is -2.35. The van der Waals surface area contributed by atoms with Crippen molar-refractivity contribution in [2.24, 2.45) is 0 Å². The highest BCUT2D eigenvalue weighted by Crippen LogP contribution is 2.43. The van der Waals surface area contributed by atoms with Gasteiger partial charge in [-0.05, 0) is 19.8 Å². The Labute approximate surface area is 168 Å². The van der Waals surface area contributed by atoms with Crippen molar-refractivity contribution in [3.8, 4) is 0 Å². The fourth-order valence-corrected chi connectivity index (χ4v) is 2.77. The molecule has 0 saturated carbocycles. The van der Waals surface area contributed by atoms with Crippen LogP contribution >= 0.6 is 0 Å². The van der Waals surface area contributed by atoms with Crippen LogP contribution in [0.15, 0.2) is 54.6 Å². The van der Waals surface area contributed by atoms with Crippen molar-refractivity contribution in [2.45, 2.75) is 44.1 Å². The number of hydrogen-bond acceptors (Lipinski definition) is 5. The van der Waals surface area contributed by atoms with E-state index in [1.54, 1.807) is 19.1 Å². The lowest BCUT2D eigenvalue weighted by molar-refractivity contribution is -0.278. The summed E-state index contributed by atoms with van der Waals surface area (Å²) in [6.07, 6.45) is -2.79. The zero-order chi connectivity index (χ0) is 22.1. The summed E-state index contributed by atoms with van der Waals surface area (Å²) in [5, 5.41) is 0. The fraction of sp³-hybridized carbons (Fsp3) is 0.429. The molecule has 8 heteroatoms. The van der Waals surface area contributed by atoms with Crippen LogP contribution in [0.25, 0.3) is 0 Å². The maximum absolute atomic E-state index is 14.0. The first-order valence-corrected chi connectivity index (χ1v) is 8.85. The SMILES string of the molecule is C=C/C=C(\C)CC[C@H](CC(=O)OC)OC(=O)[C@](OC)(c1ccccc1)C(F)(F)F. The molecular weight excluding hydrogens is 389 g/mol. The van der Waals surface area contributed by atoms with Gasteiger partial charge in [0.1, 0.15) is 6.10 Å². The van der Waals surface area contributed by atoms with Crippen LogP contribution < -0.4 is 0 Å². The Bertz CT molecular complexity index is 728. The average Bonchev–Trinajstić information content (AvgIpc) is 2.67. The summed E-state index contributed by atoms with van der Waals surface area (Å²) in [4.78, 5) is 24.4. The van der Waals surface area contributed by atoms with Crippen molar-refractivity contribution in [3.63, 3.8) is 0 Å². The lowest BCUT2D eigenvalue weighted by atomic mass is 9.92. The minimum atomic E-state index is -5.09. The van der Waals surface area contributed by atoms with Gasteiger partial charge in [0, 0.05) is 12.7 Å². The number of esters is 2. The van der Waals surface area contributed by atoms with E-state index in [-0.39, 0.29) is 12.8 Å². The quantitative estimate of drug-likeness (QED) is 0.417. The van der Waals surface area contributed by atoms with E-state index in [4.69, 9.17) is 9.47 Å². The molecule has 0 saturated heterocycles. The summed E-state index contributed by atoms with van der Waals surface area (Å²) in [5.41, 5.74) is -2.86. The predicted octanol–water partition coefficient (Wildman–Crippen LogP) is 4.48. The van der Waals surface area contributed by atoms with Crippen LogP contribution in [0.5, 0.6) is 0 Å². The van der Waals surface area contributed by atoms with Gasteiger partial charge in [0.05, 0.1) is 13.5 Å². The van der Waals surface area contributed by atoms with Crippen molar-refractivity contribution >= 4 is 11.9 Å². The van der Waals surface area contributed by atoms with Crippen molar-refractivity contribution < 1.29 is 37.0 Å². The van der Waals surface area contributed by atoms with Gasteiger partial charge in [-0.1, -0.05) is 54.6 Å². The largest absolute Gasteiger partial charge is 0.469 e. The van der Waals surface area contributed by atoms with Gasteiger partial charge in [0.2, 0.25) is 0 Å². The van der Waals surface area contributed by atoms with Crippen LogP contribution in [0.3, 0.4) is 0 Å². The maximum Gasteiger partial charge on any atom is 0.432 e. The van der Waals surface area contributed by atoms with Crippen LogP contribution in [0, 0.1) is 0 Å². The van der Waals surface area contributed by atoms with Gasteiger partial charge in [0.25, 0.3) is 5.60 Å². The topological polar surface area (TPSA) is 61.8 Å². The van der Waals surface area contributed by atoms with Gasteiger partial charge < -0.3 is 14.2 Å². The number of ether oxygens (including phenoxy) is 3. The number of carbonyl (C=O) groups excluding carboxylic acids is 2. The van der Waals surface area contributed by atoms with Crippen LogP contribution in [0.4, 0.5) is 13.2 Å². The lowest BCUT2D eigenvalue weighted by Gasteiger charge is -2.33. The molecule has 0 aliphatic heterocycles. The molecule has 0 fully saturated rings. The second-order valence-corrected chi connectivity index (χ2v) is 6.34. The Morgan fingerprint density at radius 3 is 2.28 bits per heavy atom. The molecule has 0 heterocycles. The number of carbonyl (C=O) groups is 2. The third kappa shape index (κ3) is 6.19. The number of methoxy groups -OCH3 is 2. The molecule has 0 spiro atoms. The van der Waals surface area contributed by atoms with Gasteiger partial charge in [-0.2, -0.15) is 13.2 Å². The van der Waals surface area contributed by atoms with Gasteiger partial charge in [-0.15, -0.1) is 0 Å². The number of hydrogen-bond donors (Lipinski definition) is 0. The fourth-order valence-electron chi connectivity index (χ4n) is 2.77. The first-order valence-electron chi connectivity index (χ1n) is 8.85. The molecule has 0 unspecified atom stereocenters. The average molecular weight is 414 g/mol. The standard InChI is InChI=1S/C21H25F3O5/c1-5-9-15(2)12-13-17(14-18(25)27-3)29-19(26)20(28-4,21(22,23)24)16-10-7-6-8-11-16/h5-11,17H,1,12-14H2,2-4H3/b15-9+/t17-,20-/m1/s1. The molecule has 0 N–H and O–H groups in total. The summed E-state index contributed by atoms with van der Waals surface area (Å²) in [6.45, 7) is 5.35. The Balaban J connectivity index is 3.22. The summed E-state index contributed by atoms with van der Waals surface area (Å²) in [6, 6.07) is 6.49. The summed E-state index contributed by atoms with van der Waals surface area (Å²) in [7, 11) is 1.93. The maximum atomic E-state index is 14.0. The smallest absolute Gasteiger partial charge is 0.432 e. The molecule has 1 rings (SSSR count). The third-order valence-corrected chi connectivity index (χ3v) is 4.33. The second kappa shape index (κ2) is 10.8. The molecule has 29 heavy (non-hydrogen) atoms. The monoisotopic (exact) mass is 414 g/mol. The van der Waals surface area contributed by atoms with Crippen molar-refractivity contribution in [1.82, 2.24) is 0 Å². The Morgan fingerprint density at radius 2 is 1.79 bits per heavy atom. The van der Waals surface area contributed by atoms with E-state index in [9.17, 15) is 22.8 Å². The Hall–Kier alpha value is -2.61. The minimum absolute atomic E-state index is 0.128. The zero-order valence-electron chi connectivity index (χ0n) is 16.6. The molecule has 0 aromatic heterocycles. The van der Waals surface area contributed by atoms with E-state index in [1.165, 1.54) is 18.2 Å². The van der Waals surface area contributed by atoms with Gasteiger partial charge >= 0.3 is 18.1 Å². The first-order chi connectivity index (χ1) is 13.6. The number of allylic oxidation sites excluding steroid dienone is 3. The predicted molar refractivity (Wildman–Crippen MR) is 101 cm³/mol. The van der Waals surface area contributed by atoms with Gasteiger partial charge in [0.15, 0.2) is 0 Å². The molecular formula is C21H25F3O5. The lowest BCUT2D eigenvalue weighted by Crippen LogP contribution is -2.52. The Morgan fingerprint density at radius 1 is 1.17 bits per heavy atom. The molecule has 160 valence electrons. The number of halogens is 3. The zero-order valence-corrected chi connectivity index (χ0v) is 16.6. The molecule has 0 radical (unpaired) electrons. The van der Waals surface area contributed by atoms with Gasteiger partial charge in [-0.25, -0.2) is 4.79 Å². The van der Waals surface area contributed by atoms with E-state index < -0.39 is 35.4 Å². The third-order valence-electron chi connectivity index (χ3n) is 4.33. The molecule has 0 aliphatic rings. The van der Waals surface area contributed by atoms with E-state index in [0.29, 0.717) is 6.42 Å². The molecule has 5 nitrogen and oxygen atoms in total. The number of rotatable bonds is 10. The first kappa shape index (κ1) is 24.4. The number of alkyl halides is 3. The molecule has 1 aromatic rings. The number of benzene rings is 1. The van der Waals surface area contributed by atoms with Crippen molar-refractivity contribution in [1.29, 1.82) is 0 Å². The van der Waals surface area contributed by atoms with Crippen LogP contribution in [-0.2, 0) is 29.4 Å². The highest BCUT2D eigenvalue weighted by molar-refractivity contribution is 5.83. The summed E-state index contributed by atoms with van der Waals surface area (Å²) >= 11 is 0.